The summed E-state index contributed by atoms with van der Waals surface area (Å²) in [6, 6.07) is 12.5. The lowest BCUT2D eigenvalue weighted by Crippen LogP contribution is -1.97. The highest BCUT2D eigenvalue weighted by Gasteiger charge is 2.18. The smallest absolute Gasteiger partial charge is 0.129 e. The molecule has 5 heteroatoms. The minimum Gasteiger partial charge on any atom is -0.383 e. The van der Waals surface area contributed by atoms with Crippen molar-refractivity contribution in [2.75, 3.05) is 5.73 Å². The molecule has 0 radical (unpaired) electrons. The summed E-state index contributed by atoms with van der Waals surface area (Å²) >= 11 is 5.16. The van der Waals surface area contributed by atoms with E-state index in [2.05, 4.69) is 58.3 Å². The van der Waals surface area contributed by atoms with Crippen molar-refractivity contribution < 1.29 is 0 Å². The molecule has 0 aliphatic rings. The van der Waals surface area contributed by atoms with Crippen LogP contribution in [0, 0.1) is 6.92 Å². The summed E-state index contributed by atoms with van der Waals surface area (Å²) in [7, 11) is 1.87. The van der Waals surface area contributed by atoms with Gasteiger partial charge in [0.2, 0.25) is 0 Å². The van der Waals surface area contributed by atoms with E-state index in [1.54, 1.807) is 16.0 Å². The van der Waals surface area contributed by atoms with Crippen molar-refractivity contribution in [3.05, 3.63) is 45.7 Å². The molecule has 0 saturated carbocycles. The third-order valence-corrected chi connectivity index (χ3v) is 4.87. The van der Waals surface area contributed by atoms with E-state index in [0.717, 1.165) is 25.5 Å². The normalized spacial score (nSPS) is 10.9. The van der Waals surface area contributed by atoms with Crippen LogP contribution in [0.5, 0.6) is 0 Å². The molecule has 3 aromatic rings. The Kier molecular flexibility index (Phi) is 3.40. The van der Waals surface area contributed by atoms with Gasteiger partial charge in [0.1, 0.15) is 11.5 Å². The number of nitrogen functional groups attached to an aromatic ring is 1. The number of nitrogens with zero attached hydrogens (tertiary/aromatic N) is 2. The van der Waals surface area contributed by atoms with Gasteiger partial charge < -0.3 is 5.73 Å². The second-order valence-electron chi connectivity index (χ2n) is 4.70. The molecule has 0 aliphatic carbocycles. The van der Waals surface area contributed by atoms with Crippen LogP contribution in [0.15, 0.2) is 40.2 Å². The van der Waals surface area contributed by atoms with Crippen molar-refractivity contribution in [1.82, 2.24) is 9.78 Å². The van der Waals surface area contributed by atoms with Crippen molar-refractivity contribution in [1.29, 1.82) is 0 Å². The van der Waals surface area contributed by atoms with Crippen molar-refractivity contribution >= 4 is 33.1 Å². The van der Waals surface area contributed by atoms with Crippen LogP contribution in [0.25, 0.3) is 21.7 Å². The maximum absolute atomic E-state index is 6.21. The lowest BCUT2D eigenvalue weighted by Gasteiger charge is -2.03. The van der Waals surface area contributed by atoms with Crippen LogP contribution in [-0.4, -0.2) is 9.78 Å². The molecule has 20 heavy (non-hydrogen) atoms. The summed E-state index contributed by atoms with van der Waals surface area (Å²) < 4.78 is 2.82. The van der Waals surface area contributed by atoms with Crippen LogP contribution in [0.1, 0.15) is 5.56 Å². The quantitative estimate of drug-likeness (QED) is 0.743. The van der Waals surface area contributed by atoms with Crippen molar-refractivity contribution in [2.45, 2.75) is 6.92 Å². The number of aryl methyl sites for hydroxylation is 2. The zero-order valence-corrected chi connectivity index (χ0v) is 13.6. The lowest BCUT2D eigenvalue weighted by atomic mass is 10.0. The van der Waals surface area contributed by atoms with E-state index in [1.165, 1.54) is 5.56 Å². The summed E-state index contributed by atoms with van der Waals surface area (Å²) in [6.07, 6.45) is 0. The average molecular weight is 348 g/mol. The van der Waals surface area contributed by atoms with Crippen molar-refractivity contribution in [2.24, 2.45) is 7.05 Å². The summed E-state index contributed by atoms with van der Waals surface area (Å²) in [4.78, 5) is 1.11. The molecule has 0 atom stereocenters. The number of hydrogen-bond donors (Lipinski definition) is 1. The number of nitrogens with two attached hydrogens (primary N) is 1. The van der Waals surface area contributed by atoms with E-state index in [0.29, 0.717) is 5.82 Å². The Morgan fingerprint density at radius 1 is 1.15 bits per heavy atom. The maximum atomic E-state index is 6.21. The van der Waals surface area contributed by atoms with Crippen LogP contribution in [-0.2, 0) is 7.05 Å². The molecule has 3 nitrogen and oxygen atoms in total. The fraction of sp³-hybridized carbons (Fsp3) is 0.133. The summed E-state index contributed by atoms with van der Waals surface area (Å²) in [6.45, 7) is 2.08. The molecule has 0 saturated heterocycles. The average Bonchev–Trinajstić information content (AvgIpc) is 2.97. The number of anilines is 1. The molecule has 2 heterocycles. The molecule has 0 aliphatic heterocycles. The minimum atomic E-state index is 0.688. The Hall–Kier alpha value is -1.59. The number of aromatic nitrogens is 2. The van der Waals surface area contributed by atoms with Crippen LogP contribution in [0.4, 0.5) is 5.82 Å². The Morgan fingerprint density at radius 2 is 1.85 bits per heavy atom. The van der Waals surface area contributed by atoms with Gasteiger partial charge in [-0.1, -0.05) is 29.8 Å². The second kappa shape index (κ2) is 5.07. The third kappa shape index (κ3) is 2.27. The van der Waals surface area contributed by atoms with Gasteiger partial charge in [0, 0.05) is 7.05 Å². The molecule has 3 rings (SSSR count). The van der Waals surface area contributed by atoms with Gasteiger partial charge in [-0.05, 0) is 40.5 Å². The molecule has 0 fully saturated rings. The number of halogens is 1. The van der Waals surface area contributed by atoms with Crippen LogP contribution in [0.3, 0.4) is 0 Å². The molecule has 2 aromatic heterocycles. The maximum Gasteiger partial charge on any atom is 0.129 e. The van der Waals surface area contributed by atoms with E-state index < -0.39 is 0 Å². The molecular formula is C15H14BrN3S. The summed E-state index contributed by atoms with van der Waals surface area (Å²) in [5.74, 6) is 0.688. The van der Waals surface area contributed by atoms with Crippen LogP contribution < -0.4 is 5.73 Å². The zero-order chi connectivity index (χ0) is 14.3. The molecule has 0 bridgehead atoms. The van der Waals surface area contributed by atoms with E-state index in [9.17, 15) is 0 Å². The first kappa shape index (κ1) is 13.4. The number of benzene rings is 1. The van der Waals surface area contributed by atoms with Gasteiger partial charge in [-0.2, -0.15) is 5.10 Å². The highest BCUT2D eigenvalue weighted by atomic mass is 79.9. The number of rotatable bonds is 2. The number of hydrogen-bond acceptors (Lipinski definition) is 3. The summed E-state index contributed by atoms with van der Waals surface area (Å²) in [5, 5.41) is 4.57. The van der Waals surface area contributed by atoms with Crippen LogP contribution >= 0.6 is 27.3 Å². The van der Waals surface area contributed by atoms with E-state index in [4.69, 9.17) is 5.73 Å². The molecule has 102 valence electrons. The Labute approximate surface area is 130 Å². The first-order valence-electron chi connectivity index (χ1n) is 6.21. The van der Waals surface area contributed by atoms with Gasteiger partial charge in [0.25, 0.3) is 0 Å². The second-order valence-corrected chi connectivity index (χ2v) is 7.17. The highest BCUT2D eigenvalue weighted by Crippen LogP contribution is 2.39. The fourth-order valence-corrected chi connectivity index (χ4v) is 3.53. The largest absolute Gasteiger partial charge is 0.383 e. The Morgan fingerprint density at radius 3 is 2.45 bits per heavy atom. The van der Waals surface area contributed by atoms with Gasteiger partial charge in [0.15, 0.2) is 0 Å². The van der Waals surface area contributed by atoms with E-state index in [1.807, 2.05) is 13.1 Å². The van der Waals surface area contributed by atoms with Gasteiger partial charge in [-0.3, -0.25) is 4.68 Å². The first-order valence-corrected chi connectivity index (χ1v) is 7.82. The van der Waals surface area contributed by atoms with Gasteiger partial charge in [-0.25, -0.2) is 0 Å². The molecular weight excluding hydrogens is 334 g/mol. The predicted molar refractivity (Wildman–Crippen MR) is 88.8 cm³/mol. The van der Waals surface area contributed by atoms with E-state index in [-0.39, 0.29) is 0 Å². The standard InChI is InChI=1S/C15H14BrN3S/c1-9-3-5-10(6-4-9)13-14(18-19(2)15(13)17)11-7-8-12(16)20-11/h3-8H,17H2,1-2H3. The summed E-state index contributed by atoms with van der Waals surface area (Å²) in [5.41, 5.74) is 10.5. The SMILES string of the molecule is Cc1ccc(-c2c(-c3ccc(Br)s3)nn(C)c2N)cc1. The molecule has 0 spiro atoms. The first-order chi connectivity index (χ1) is 9.56. The zero-order valence-electron chi connectivity index (χ0n) is 11.2. The monoisotopic (exact) mass is 347 g/mol. The number of thiophene rings is 1. The lowest BCUT2D eigenvalue weighted by molar-refractivity contribution is 0.783. The topological polar surface area (TPSA) is 43.8 Å². The van der Waals surface area contributed by atoms with Gasteiger partial charge in [-0.15, -0.1) is 11.3 Å². The Bertz CT molecular complexity index is 756. The molecule has 1 aromatic carbocycles. The molecule has 2 N–H and O–H groups in total. The van der Waals surface area contributed by atoms with Gasteiger partial charge in [0.05, 0.1) is 14.2 Å². The fourth-order valence-electron chi connectivity index (χ4n) is 2.16. The minimum absolute atomic E-state index is 0.688. The van der Waals surface area contributed by atoms with E-state index >= 15 is 0 Å². The van der Waals surface area contributed by atoms with Gasteiger partial charge >= 0.3 is 0 Å². The molecule has 0 amide bonds. The Balaban J connectivity index is 2.21. The van der Waals surface area contributed by atoms with Crippen LogP contribution in [0.2, 0.25) is 0 Å². The predicted octanol–water partition coefficient (Wildman–Crippen LogP) is 4.47. The third-order valence-electron chi connectivity index (χ3n) is 3.24. The van der Waals surface area contributed by atoms with Crippen molar-refractivity contribution in [3.63, 3.8) is 0 Å². The molecule has 0 unspecified atom stereocenters. The highest BCUT2D eigenvalue weighted by molar-refractivity contribution is 9.11. The van der Waals surface area contributed by atoms with Crippen molar-refractivity contribution in [3.8, 4) is 21.7 Å².